The highest BCUT2D eigenvalue weighted by molar-refractivity contribution is 7.95. The second-order valence-electron chi connectivity index (χ2n) is 8.86. The number of ether oxygens (including phenoxy) is 1. The van der Waals surface area contributed by atoms with E-state index in [0.717, 1.165) is 0 Å². The van der Waals surface area contributed by atoms with E-state index in [4.69, 9.17) is 9.26 Å². The highest BCUT2D eigenvalue weighted by atomic mass is 32.2. The van der Waals surface area contributed by atoms with Gasteiger partial charge < -0.3 is 14.4 Å². The molecular formula is C23H25FN6O5S. The van der Waals surface area contributed by atoms with Gasteiger partial charge in [-0.3, -0.25) is 10.3 Å². The Morgan fingerprint density at radius 2 is 1.97 bits per heavy atom. The minimum atomic E-state index is -3.05. The van der Waals surface area contributed by atoms with Crippen LogP contribution in [0.3, 0.4) is 0 Å². The number of rotatable bonds is 4. The van der Waals surface area contributed by atoms with E-state index in [1.165, 1.54) is 44.8 Å². The molecule has 3 heterocycles. The van der Waals surface area contributed by atoms with E-state index >= 15 is 4.39 Å². The van der Waals surface area contributed by atoms with Crippen LogP contribution in [0.1, 0.15) is 26.3 Å². The monoisotopic (exact) mass is 516 g/mol. The lowest BCUT2D eigenvalue weighted by Gasteiger charge is -2.41. The van der Waals surface area contributed by atoms with Gasteiger partial charge in [-0.1, -0.05) is 5.16 Å². The number of benzene rings is 1. The lowest BCUT2D eigenvalue weighted by Crippen LogP contribution is -2.57. The summed E-state index contributed by atoms with van der Waals surface area (Å²) in [4.78, 5) is 24.3. The van der Waals surface area contributed by atoms with Gasteiger partial charge in [-0.2, -0.15) is 0 Å². The maximum Gasteiger partial charge on any atom is 0.410 e. The highest BCUT2D eigenvalue weighted by Crippen LogP contribution is 2.40. The molecule has 11 nitrogen and oxygen atoms in total. The summed E-state index contributed by atoms with van der Waals surface area (Å²) in [6.45, 7) is 4.79. The second kappa shape index (κ2) is 8.97. The number of hydrogen-bond acceptors (Lipinski definition) is 9. The van der Waals surface area contributed by atoms with Gasteiger partial charge in [0.05, 0.1) is 35.0 Å². The molecule has 2 aromatic heterocycles. The molecule has 0 bridgehead atoms. The van der Waals surface area contributed by atoms with Crippen LogP contribution in [0.4, 0.5) is 9.18 Å². The minimum Gasteiger partial charge on any atom is -0.480 e. The maximum absolute atomic E-state index is 15.2. The number of carboxylic acid groups (broad SMARTS) is 1. The van der Waals surface area contributed by atoms with Gasteiger partial charge in [-0.25, -0.2) is 27.7 Å². The first-order valence-corrected chi connectivity index (χ1v) is 12.5. The number of carbonyl (C=O) groups is 1. The molecule has 0 fully saturated rings. The van der Waals surface area contributed by atoms with Crippen molar-refractivity contribution in [1.29, 1.82) is 0 Å². The Kier molecular flexibility index (Phi) is 6.29. The molecule has 0 aliphatic carbocycles. The van der Waals surface area contributed by atoms with Crippen molar-refractivity contribution in [2.24, 2.45) is 9.36 Å². The van der Waals surface area contributed by atoms with Gasteiger partial charge in [0.2, 0.25) is 5.88 Å². The summed E-state index contributed by atoms with van der Waals surface area (Å²) in [6.07, 6.45) is 1.56. The number of methoxy groups -OCH3 is 1. The van der Waals surface area contributed by atoms with Crippen LogP contribution in [-0.4, -0.2) is 61.0 Å². The van der Waals surface area contributed by atoms with Crippen LogP contribution in [-0.2, 0) is 15.3 Å². The molecule has 0 spiro atoms. The Labute approximate surface area is 207 Å². The number of aromatic nitrogens is 3. The van der Waals surface area contributed by atoms with Crippen molar-refractivity contribution < 1.29 is 27.8 Å². The largest absolute Gasteiger partial charge is 0.480 e. The van der Waals surface area contributed by atoms with E-state index in [9.17, 15) is 14.1 Å². The van der Waals surface area contributed by atoms with Crippen molar-refractivity contribution in [1.82, 2.24) is 20.4 Å². The molecule has 0 radical (unpaired) electrons. The number of halogens is 1. The summed E-state index contributed by atoms with van der Waals surface area (Å²) in [5.74, 6) is -0.0839. The smallest absolute Gasteiger partial charge is 0.410 e. The number of hydrogen-bond donors (Lipinski definition) is 2. The van der Waals surface area contributed by atoms with E-state index in [-0.39, 0.29) is 17.2 Å². The molecule has 0 unspecified atom stereocenters. The summed E-state index contributed by atoms with van der Waals surface area (Å²) in [7, 11) is -0.165. The summed E-state index contributed by atoms with van der Waals surface area (Å²) in [6, 6.07) is 5.91. The fourth-order valence-electron chi connectivity index (χ4n) is 4.01. The number of nitrogens with one attached hydrogen (secondary N) is 1. The molecule has 1 amide bonds. The molecule has 3 aromatic rings. The Morgan fingerprint density at radius 1 is 1.22 bits per heavy atom. The number of aliphatic imine (C=N–C) groups is 1. The average molecular weight is 517 g/mol. The molecule has 2 N–H and O–H groups in total. The quantitative estimate of drug-likeness (QED) is 0.532. The highest BCUT2D eigenvalue weighted by Gasteiger charge is 2.49. The minimum absolute atomic E-state index is 0.0517. The van der Waals surface area contributed by atoms with Gasteiger partial charge in [0, 0.05) is 24.2 Å². The van der Waals surface area contributed by atoms with Gasteiger partial charge in [0.1, 0.15) is 33.3 Å². The molecule has 1 aromatic carbocycles. The molecular weight excluding hydrogens is 491 g/mol. The summed E-state index contributed by atoms with van der Waals surface area (Å²) < 4.78 is 42.4. The molecule has 0 saturated carbocycles. The Bertz CT molecular complexity index is 1480. The summed E-state index contributed by atoms with van der Waals surface area (Å²) >= 11 is 0. The molecule has 1 aliphatic rings. The molecule has 36 heavy (non-hydrogen) atoms. The van der Waals surface area contributed by atoms with Crippen molar-refractivity contribution in [3.05, 3.63) is 48.0 Å². The van der Waals surface area contributed by atoms with Crippen LogP contribution in [0.15, 0.2) is 50.5 Å². The average Bonchev–Trinajstić information content (AvgIpc) is 3.33. The van der Waals surface area contributed by atoms with Crippen LogP contribution in [0.2, 0.25) is 0 Å². The van der Waals surface area contributed by atoms with Crippen LogP contribution in [0.25, 0.3) is 22.7 Å². The lowest BCUT2D eigenvalue weighted by atomic mass is 9.91. The first-order valence-electron chi connectivity index (χ1n) is 10.8. The van der Waals surface area contributed by atoms with Gasteiger partial charge in [-0.15, -0.1) is 0 Å². The third-order valence-electron chi connectivity index (χ3n) is 6.16. The predicted molar refractivity (Wildman–Crippen MR) is 131 cm³/mol. The predicted octanol–water partition coefficient (Wildman–Crippen LogP) is 3.72. The fraction of sp³-hybridized carbons (Fsp3) is 0.348. The van der Waals surface area contributed by atoms with Gasteiger partial charge in [-0.05, 0) is 39.0 Å². The molecule has 190 valence electrons. The van der Waals surface area contributed by atoms with Crippen LogP contribution < -0.4 is 10.1 Å². The maximum atomic E-state index is 15.2. The molecule has 0 saturated heterocycles. The van der Waals surface area contributed by atoms with Crippen molar-refractivity contribution in [2.75, 3.05) is 19.9 Å². The number of amides is 1. The van der Waals surface area contributed by atoms with E-state index in [0.29, 0.717) is 28.6 Å². The topological polar surface area (TPSA) is 152 Å². The zero-order valence-electron chi connectivity index (χ0n) is 20.3. The third-order valence-corrected chi connectivity index (χ3v) is 9.50. The molecule has 2 atom stereocenters. The third kappa shape index (κ3) is 4.30. The normalized spacial score (nSPS) is 23.0. The number of amidine groups is 1. The van der Waals surface area contributed by atoms with E-state index < -0.39 is 31.9 Å². The lowest BCUT2D eigenvalue weighted by molar-refractivity contribution is 0.199. The zero-order valence-corrected chi connectivity index (χ0v) is 21.1. The number of nitrogens with zero attached hydrogens (tertiary/aromatic N) is 5. The van der Waals surface area contributed by atoms with Crippen LogP contribution >= 0.6 is 0 Å². The second-order valence-corrected chi connectivity index (χ2v) is 11.8. The Hall–Kier alpha value is -3.87. The van der Waals surface area contributed by atoms with Crippen molar-refractivity contribution in [3.63, 3.8) is 0 Å². The van der Waals surface area contributed by atoms with E-state index in [1.807, 2.05) is 0 Å². The SMILES string of the molecule is CN=[S@@]1(=O)C[C@@](C)(c2cc(-c3cc(-c4cnc(OC)cn4)no3)ccc2F)N=C(NC(=O)O)C1(C)C. The first-order chi connectivity index (χ1) is 16.9. The van der Waals surface area contributed by atoms with Crippen molar-refractivity contribution >= 4 is 21.7 Å². The van der Waals surface area contributed by atoms with Gasteiger partial charge in [0.25, 0.3) is 0 Å². The van der Waals surface area contributed by atoms with E-state index in [2.05, 4.69) is 29.8 Å². The summed E-state index contributed by atoms with van der Waals surface area (Å²) in [5.41, 5.74) is 0.0801. The van der Waals surface area contributed by atoms with Crippen molar-refractivity contribution in [2.45, 2.75) is 31.1 Å². The van der Waals surface area contributed by atoms with Crippen LogP contribution in [0, 0.1) is 5.82 Å². The van der Waals surface area contributed by atoms with Crippen LogP contribution in [0.5, 0.6) is 5.88 Å². The van der Waals surface area contributed by atoms with Gasteiger partial charge >= 0.3 is 6.09 Å². The standard InChI is InChI=1S/C23H25FN6O5S/c1-22(2)20(28-21(31)32)29-23(3,12-36(22,33)25-4)14-8-13(6-7-15(14)24)18-9-16(30-35-18)17-10-27-19(34-5)11-26-17/h6-11H,12H2,1-5H3,(H,28,29)(H,31,32)/t23-,36+/m0/s1. The van der Waals surface area contributed by atoms with Crippen molar-refractivity contribution in [3.8, 4) is 28.6 Å². The Balaban J connectivity index is 1.79. The van der Waals surface area contributed by atoms with E-state index in [1.54, 1.807) is 26.8 Å². The Morgan fingerprint density at radius 3 is 2.58 bits per heavy atom. The zero-order chi connectivity index (χ0) is 26.3. The molecule has 1 aliphatic heterocycles. The van der Waals surface area contributed by atoms with Gasteiger partial charge in [0.15, 0.2) is 5.76 Å². The summed E-state index contributed by atoms with van der Waals surface area (Å²) in [5, 5.41) is 15.6. The molecule has 4 rings (SSSR count). The fourth-order valence-corrected chi connectivity index (χ4v) is 6.34. The first kappa shape index (κ1) is 25.2. The molecule has 13 heteroatoms.